The quantitative estimate of drug-likeness (QED) is 0.476. The van der Waals surface area contributed by atoms with Gasteiger partial charge >= 0.3 is 5.97 Å². The monoisotopic (exact) mass is 453 g/mol. The molecule has 0 radical (unpaired) electrons. The Morgan fingerprint density at radius 2 is 2.19 bits per heavy atom. The molecule has 0 spiro atoms. The smallest absolute Gasteiger partial charge is 0.308 e. The second-order valence-corrected chi connectivity index (χ2v) is 8.20. The van der Waals surface area contributed by atoms with E-state index in [9.17, 15) is 23.6 Å². The molecule has 0 saturated carbocycles. The second kappa shape index (κ2) is 10.6. The van der Waals surface area contributed by atoms with Gasteiger partial charge in [0, 0.05) is 23.6 Å². The minimum absolute atomic E-state index is 0.0296. The number of amides is 3. The van der Waals surface area contributed by atoms with E-state index in [0.29, 0.717) is 18.1 Å². The molecule has 1 aromatic carbocycles. The van der Waals surface area contributed by atoms with Crippen LogP contribution < -0.4 is 5.32 Å². The molecule has 2 saturated heterocycles. The number of carbonyl (C=O) groups is 4. The lowest BCUT2D eigenvalue weighted by atomic mass is 10.2. The van der Waals surface area contributed by atoms with Crippen molar-refractivity contribution in [3.8, 4) is 0 Å². The number of cyclic esters (lactones) is 1. The van der Waals surface area contributed by atoms with E-state index in [-0.39, 0.29) is 31.7 Å². The summed E-state index contributed by atoms with van der Waals surface area (Å²) in [6.45, 7) is 2.04. The van der Waals surface area contributed by atoms with Gasteiger partial charge in [0.05, 0.1) is 13.0 Å². The maximum atomic E-state index is 13.4. The van der Waals surface area contributed by atoms with Gasteiger partial charge in [0.2, 0.25) is 5.91 Å². The normalized spacial score (nSPS) is 21.4. The van der Waals surface area contributed by atoms with Crippen LogP contribution in [0.15, 0.2) is 24.3 Å². The summed E-state index contributed by atoms with van der Waals surface area (Å²) >= 11 is 1.47. The van der Waals surface area contributed by atoms with Crippen molar-refractivity contribution >= 4 is 35.5 Å². The summed E-state index contributed by atoms with van der Waals surface area (Å²) in [6, 6.07) is 3.80. The first-order chi connectivity index (χ1) is 14.9. The van der Waals surface area contributed by atoms with Gasteiger partial charge in [0.1, 0.15) is 31.1 Å². The summed E-state index contributed by atoms with van der Waals surface area (Å²) in [4.78, 5) is 56.5. The number of nitrogens with zero attached hydrogens (tertiary/aromatic N) is 2. The topological polar surface area (TPSA) is 105 Å². The predicted octanol–water partition coefficient (Wildman–Crippen LogP) is 0.595. The molecular weight excluding hydrogens is 429 g/mol. The number of esters is 1. The van der Waals surface area contributed by atoms with Crippen LogP contribution in [0.4, 0.5) is 4.39 Å². The van der Waals surface area contributed by atoms with Crippen molar-refractivity contribution in [2.75, 3.05) is 37.8 Å². The molecule has 31 heavy (non-hydrogen) atoms. The average Bonchev–Trinajstić information content (AvgIpc) is 3.10. The highest BCUT2D eigenvalue weighted by Gasteiger charge is 2.36. The van der Waals surface area contributed by atoms with Crippen LogP contribution in [0, 0.1) is 5.82 Å². The van der Waals surface area contributed by atoms with Crippen molar-refractivity contribution in [2.45, 2.75) is 25.4 Å². The molecule has 2 unspecified atom stereocenters. The van der Waals surface area contributed by atoms with E-state index in [4.69, 9.17) is 9.57 Å². The Kier molecular flexibility index (Phi) is 7.85. The van der Waals surface area contributed by atoms with Crippen molar-refractivity contribution in [2.24, 2.45) is 0 Å². The van der Waals surface area contributed by atoms with E-state index >= 15 is 0 Å². The molecule has 2 aliphatic rings. The standard InChI is InChI=1S/C20H24FN3O6S/c1-2-30-24(15-9-18(26)29-11-15)17(25)10-23-6-7-31-12-16(20(23)28)22-19(27)13-4-3-5-14(21)8-13/h3-5,8,15-16H,2,6-7,9-12H2,1H3,(H,22,27). The van der Waals surface area contributed by atoms with E-state index in [2.05, 4.69) is 5.32 Å². The van der Waals surface area contributed by atoms with Crippen molar-refractivity contribution in [3.63, 3.8) is 0 Å². The van der Waals surface area contributed by atoms with Crippen LogP contribution in [-0.2, 0) is 24.0 Å². The molecule has 0 aromatic heterocycles. The Hall–Kier alpha value is -2.66. The molecule has 168 valence electrons. The lowest BCUT2D eigenvalue weighted by molar-refractivity contribution is -0.199. The Morgan fingerprint density at radius 1 is 1.39 bits per heavy atom. The minimum atomic E-state index is -0.854. The van der Waals surface area contributed by atoms with Crippen LogP contribution in [0.25, 0.3) is 0 Å². The zero-order valence-electron chi connectivity index (χ0n) is 17.0. The molecule has 2 atom stereocenters. The molecule has 9 nitrogen and oxygen atoms in total. The Balaban J connectivity index is 1.66. The number of benzene rings is 1. The highest BCUT2D eigenvalue weighted by atomic mass is 32.2. The predicted molar refractivity (Wildman–Crippen MR) is 109 cm³/mol. The van der Waals surface area contributed by atoms with Crippen LogP contribution in [-0.4, -0.2) is 83.5 Å². The molecule has 2 fully saturated rings. The van der Waals surface area contributed by atoms with Crippen molar-refractivity contribution < 1.29 is 33.1 Å². The van der Waals surface area contributed by atoms with Gasteiger partial charge in [-0.05, 0) is 25.1 Å². The minimum Gasteiger partial charge on any atom is -0.463 e. The first-order valence-corrected chi connectivity index (χ1v) is 11.1. The van der Waals surface area contributed by atoms with Crippen molar-refractivity contribution in [3.05, 3.63) is 35.6 Å². The molecule has 2 aliphatic heterocycles. The van der Waals surface area contributed by atoms with Gasteiger partial charge in [0.25, 0.3) is 11.8 Å². The van der Waals surface area contributed by atoms with Crippen LogP contribution in [0.2, 0.25) is 0 Å². The van der Waals surface area contributed by atoms with Crippen molar-refractivity contribution in [1.82, 2.24) is 15.3 Å². The summed E-state index contributed by atoms with van der Waals surface area (Å²) in [5.41, 5.74) is 0.109. The number of carbonyl (C=O) groups excluding carboxylic acids is 4. The van der Waals surface area contributed by atoms with Gasteiger partial charge < -0.3 is 15.0 Å². The summed E-state index contributed by atoms with van der Waals surface area (Å²) in [6.07, 6.45) is 0.0296. The van der Waals surface area contributed by atoms with E-state index in [1.165, 1.54) is 34.9 Å². The molecule has 1 aromatic rings. The number of ether oxygens (including phenoxy) is 1. The third-order valence-corrected chi connectivity index (χ3v) is 5.84. The second-order valence-electron chi connectivity index (χ2n) is 7.05. The summed E-state index contributed by atoms with van der Waals surface area (Å²) in [5.74, 6) is -1.48. The zero-order valence-corrected chi connectivity index (χ0v) is 17.9. The number of thioether (sulfide) groups is 1. The third-order valence-electron chi connectivity index (χ3n) is 4.80. The molecule has 11 heteroatoms. The SMILES string of the molecule is CCON(C(=O)CN1CCSCC(NC(=O)c2cccc(F)c2)C1=O)C1COC(=O)C1. The zero-order chi connectivity index (χ0) is 22.4. The van der Waals surface area contributed by atoms with Gasteiger partial charge in [0.15, 0.2) is 0 Å². The lowest BCUT2D eigenvalue weighted by Crippen LogP contribution is -2.53. The summed E-state index contributed by atoms with van der Waals surface area (Å²) < 4.78 is 18.3. The first-order valence-electron chi connectivity index (χ1n) is 9.92. The van der Waals surface area contributed by atoms with Gasteiger partial charge in [-0.25, -0.2) is 9.45 Å². The molecule has 0 bridgehead atoms. The lowest BCUT2D eigenvalue weighted by Gasteiger charge is -2.29. The van der Waals surface area contributed by atoms with Gasteiger partial charge in [-0.15, -0.1) is 0 Å². The van der Waals surface area contributed by atoms with E-state index < -0.39 is 41.6 Å². The van der Waals surface area contributed by atoms with E-state index in [0.717, 1.165) is 11.1 Å². The fourth-order valence-electron chi connectivity index (χ4n) is 3.31. The average molecular weight is 453 g/mol. The summed E-state index contributed by atoms with van der Waals surface area (Å²) in [7, 11) is 0. The van der Waals surface area contributed by atoms with Crippen LogP contribution in [0.5, 0.6) is 0 Å². The fourth-order valence-corrected chi connectivity index (χ4v) is 4.29. The van der Waals surface area contributed by atoms with Gasteiger partial charge in [-0.2, -0.15) is 11.8 Å². The van der Waals surface area contributed by atoms with Gasteiger partial charge in [-0.3, -0.25) is 24.0 Å². The number of nitrogens with one attached hydrogen (secondary N) is 1. The number of hydrogen-bond donors (Lipinski definition) is 1. The Bertz CT molecular complexity index is 854. The molecule has 1 N–H and O–H groups in total. The maximum Gasteiger partial charge on any atom is 0.308 e. The number of hydrogen-bond acceptors (Lipinski definition) is 7. The summed E-state index contributed by atoms with van der Waals surface area (Å²) in [5, 5.41) is 3.74. The highest BCUT2D eigenvalue weighted by Crippen LogP contribution is 2.17. The first kappa shape index (κ1) is 23.0. The number of rotatable bonds is 7. The van der Waals surface area contributed by atoms with Crippen LogP contribution in [0.3, 0.4) is 0 Å². The Labute approximate surface area is 183 Å². The number of halogens is 1. The molecule has 2 heterocycles. The largest absolute Gasteiger partial charge is 0.463 e. The molecule has 3 amide bonds. The number of hydroxylamine groups is 2. The van der Waals surface area contributed by atoms with Crippen molar-refractivity contribution in [1.29, 1.82) is 0 Å². The van der Waals surface area contributed by atoms with Crippen LogP contribution >= 0.6 is 11.8 Å². The Morgan fingerprint density at radius 3 is 2.87 bits per heavy atom. The third kappa shape index (κ3) is 5.95. The van der Waals surface area contributed by atoms with Gasteiger partial charge in [-0.1, -0.05) is 6.07 Å². The highest BCUT2D eigenvalue weighted by molar-refractivity contribution is 7.99. The maximum absolute atomic E-state index is 13.4. The molecular formula is C20H24FN3O6S. The van der Waals surface area contributed by atoms with E-state index in [1.807, 2.05) is 0 Å². The molecule has 3 rings (SSSR count). The fraction of sp³-hybridized carbons (Fsp3) is 0.500. The molecule has 0 aliphatic carbocycles. The van der Waals surface area contributed by atoms with Crippen LogP contribution in [0.1, 0.15) is 23.7 Å². The van der Waals surface area contributed by atoms with E-state index in [1.54, 1.807) is 6.92 Å².